The van der Waals surface area contributed by atoms with Crippen molar-refractivity contribution in [1.29, 1.82) is 0 Å². The smallest absolute Gasteiger partial charge is 0.106 e. The first-order valence-corrected chi connectivity index (χ1v) is 9.25. The third-order valence-corrected chi connectivity index (χ3v) is 6.41. The molecule has 1 aromatic rings. The molecule has 2 aliphatic rings. The van der Waals surface area contributed by atoms with Crippen molar-refractivity contribution in [1.82, 2.24) is 10.3 Å². The van der Waals surface area contributed by atoms with Crippen LogP contribution in [0.4, 0.5) is 0 Å². The fourth-order valence-corrected chi connectivity index (χ4v) is 5.04. The van der Waals surface area contributed by atoms with E-state index in [0.717, 1.165) is 12.5 Å². The zero-order chi connectivity index (χ0) is 13.5. The summed E-state index contributed by atoms with van der Waals surface area (Å²) in [5, 5.41) is 5.71. The Kier molecular flexibility index (Phi) is 3.93. The van der Waals surface area contributed by atoms with Crippen LogP contribution in [0.5, 0.6) is 0 Å². The Morgan fingerprint density at radius 2 is 2.05 bits per heavy atom. The van der Waals surface area contributed by atoms with Gasteiger partial charge in [-0.1, -0.05) is 0 Å². The predicted octanol–water partition coefficient (Wildman–Crippen LogP) is 4.48. The summed E-state index contributed by atoms with van der Waals surface area (Å²) in [4.78, 5) is 6.51. The molecule has 0 bridgehead atoms. The Morgan fingerprint density at radius 3 is 2.63 bits per heavy atom. The van der Waals surface area contributed by atoms with Gasteiger partial charge in [-0.2, -0.15) is 11.8 Å². The number of rotatable bonds is 4. The van der Waals surface area contributed by atoms with E-state index >= 15 is 0 Å². The van der Waals surface area contributed by atoms with Gasteiger partial charge in [0.15, 0.2) is 0 Å². The van der Waals surface area contributed by atoms with Gasteiger partial charge in [0, 0.05) is 22.9 Å². The molecular weight excluding hydrogens is 272 g/mol. The van der Waals surface area contributed by atoms with Crippen molar-refractivity contribution in [3.63, 3.8) is 0 Å². The Morgan fingerprint density at radius 1 is 1.26 bits per heavy atom. The Hall–Kier alpha value is -0.0600. The fourth-order valence-electron chi connectivity index (χ4n) is 2.44. The lowest BCUT2D eigenvalue weighted by Gasteiger charge is -2.20. The third-order valence-electron chi connectivity index (χ3n) is 3.69. The molecule has 1 aliphatic carbocycles. The summed E-state index contributed by atoms with van der Waals surface area (Å²) >= 11 is 4.07. The van der Waals surface area contributed by atoms with E-state index in [4.69, 9.17) is 4.98 Å². The minimum atomic E-state index is 0.188. The zero-order valence-corrected chi connectivity index (χ0v) is 13.8. The first-order chi connectivity index (χ1) is 9.03. The second-order valence-corrected chi connectivity index (χ2v) is 9.17. The van der Waals surface area contributed by atoms with E-state index in [1.165, 1.54) is 47.0 Å². The third kappa shape index (κ3) is 3.53. The Labute approximate surface area is 124 Å². The number of nitrogens with one attached hydrogen (secondary N) is 1. The van der Waals surface area contributed by atoms with Gasteiger partial charge in [-0.05, 0) is 52.2 Å². The maximum atomic E-state index is 5.01. The van der Waals surface area contributed by atoms with E-state index in [2.05, 4.69) is 37.8 Å². The topological polar surface area (TPSA) is 24.9 Å². The van der Waals surface area contributed by atoms with Crippen molar-refractivity contribution in [2.45, 2.75) is 69.7 Å². The summed E-state index contributed by atoms with van der Waals surface area (Å²) in [6, 6.07) is 0. The second kappa shape index (κ2) is 5.38. The van der Waals surface area contributed by atoms with Crippen LogP contribution in [0.15, 0.2) is 0 Å². The molecule has 0 aromatic carbocycles. The van der Waals surface area contributed by atoms with E-state index in [0.29, 0.717) is 5.25 Å². The number of nitrogens with zero attached hydrogens (tertiary/aromatic N) is 1. The van der Waals surface area contributed by atoms with Gasteiger partial charge in [0.25, 0.3) is 0 Å². The molecule has 4 heteroatoms. The van der Waals surface area contributed by atoms with Gasteiger partial charge >= 0.3 is 0 Å². The van der Waals surface area contributed by atoms with Crippen molar-refractivity contribution in [2.24, 2.45) is 0 Å². The van der Waals surface area contributed by atoms with Gasteiger partial charge in [0.05, 0.1) is 10.9 Å². The molecule has 0 amide bonds. The van der Waals surface area contributed by atoms with E-state index in [1.807, 2.05) is 11.3 Å². The first-order valence-electron chi connectivity index (χ1n) is 7.39. The Bertz CT molecular complexity index is 437. The molecule has 0 spiro atoms. The highest BCUT2D eigenvalue weighted by molar-refractivity contribution is 7.99. The van der Waals surface area contributed by atoms with E-state index in [9.17, 15) is 0 Å². The van der Waals surface area contributed by atoms with Crippen molar-refractivity contribution in [3.8, 4) is 0 Å². The summed E-state index contributed by atoms with van der Waals surface area (Å²) in [6.07, 6.45) is 5.39. The lowest BCUT2D eigenvalue weighted by atomic mass is 10.1. The van der Waals surface area contributed by atoms with E-state index in [-0.39, 0.29) is 5.54 Å². The summed E-state index contributed by atoms with van der Waals surface area (Å²) < 4.78 is 0. The lowest BCUT2D eigenvalue weighted by molar-refractivity contribution is 0.425. The molecule has 1 atom stereocenters. The quantitative estimate of drug-likeness (QED) is 0.887. The SMILES string of the molecule is CC(C)(C)NCc1sc(C2CCCS2)nc1C1CC1. The molecule has 1 N–H and O–H groups in total. The standard InChI is InChI=1S/C15H24N2S2/c1-15(2,3)16-9-12-13(10-6-7-10)17-14(19-12)11-5-4-8-18-11/h10-11,16H,4-9H2,1-3H3. The van der Waals surface area contributed by atoms with E-state index < -0.39 is 0 Å². The molecule has 0 radical (unpaired) electrons. The summed E-state index contributed by atoms with van der Waals surface area (Å²) in [7, 11) is 0. The zero-order valence-electron chi connectivity index (χ0n) is 12.2. The van der Waals surface area contributed by atoms with Crippen LogP contribution in [0.3, 0.4) is 0 Å². The summed E-state index contributed by atoms with van der Waals surface area (Å²) in [5.74, 6) is 2.09. The van der Waals surface area contributed by atoms with Gasteiger partial charge < -0.3 is 5.32 Å². The van der Waals surface area contributed by atoms with Gasteiger partial charge in [0.2, 0.25) is 0 Å². The van der Waals surface area contributed by atoms with Crippen LogP contribution < -0.4 is 5.32 Å². The Balaban J connectivity index is 1.76. The molecular formula is C15H24N2S2. The number of thioether (sulfide) groups is 1. The highest BCUT2D eigenvalue weighted by Crippen LogP contribution is 2.47. The van der Waals surface area contributed by atoms with Crippen LogP contribution in [-0.2, 0) is 6.54 Å². The monoisotopic (exact) mass is 296 g/mol. The number of aromatic nitrogens is 1. The van der Waals surface area contributed by atoms with Crippen LogP contribution in [0, 0.1) is 0 Å². The molecule has 1 saturated carbocycles. The van der Waals surface area contributed by atoms with Crippen LogP contribution in [0.25, 0.3) is 0 Å². The summed E-state index contributed by atoms with van der Waals surface area (Å²) in [6.45, 7) is 7.69. The molecule has 19 heavy (non-hydrogen) atoms. The van der Waals surface area contributed by atoms with Crippen molar-refractivity contribution < 1.29 is 0 Å². The highest BCUT2D eigenvalue weighted by atomic mass is 32.2. The van der Waals surface area contributed by atoms with Crippen molar-refractivity contribution in [2.75, 3.05) is 5.75 Å². The van der Waals surface area contributed by atoms with Crippen molar-refractivity contribution >= 4 is 23.1 Å². The fraction of sp³-hybridized carbons (Fsp3) is 0.800. The molecule has 1 saturated heterocycles. The van der Waals surface area contributed by atoms with Crippen LogP contribution in [0.1, 0.15) is 73.2 Å². The average molecular weight is 297 g/mol. The minimum Gasteiger partial charge on any atom is -0.307 e. The minimum absolute atomic E-state index is 0.188. The first kappa shape index (κ1) is 13.9. The van der Waals surface area contributed by atoms with Crippen LogP contribution in [-0.4, -0.2) is 16.3 Å². The molecule has 2 fully saturated rings. The molecule has 1 aliphatic heterocycles. The van der Waals surface area contributed by atoms with Gasteiger partial charge in [-0.25, -0.2) is 4.98 Å². The average Bonchev–Trinajstić information content (AvgIpc) is 2.90. The largest absolute Gasteiger partial charge is 0.307 e. The van der Waals surface area contributed by atoms with Crippen molar-refractivity contribution in [3.05, 3.63) is 15.6 Å². The number of hydrogen-bond acceptors (Lipinski definition) is 4. The maximum absolute atomic E-state index is 5.01. The molecule has 2 heterocycles. The number of hydrogen-bond donors (Lipinski definition) is 1. The second-order valence-electron chi connectivity index (χ2n) is 6.74. The van der Waals surface area contributed by atoms with Crippen LogP contribution >= 0.6 is 23.1 Å². The van der Waals surface area contributed by atoms with E-state index in [1.54, 1.807) is 0 Å². The lowest BCUT2D eigenvalue weighted by Crippen LogP contribution is -2.35. The molecule has 2 nitrogen and oxygen atoms in total. The van der Waals surface area contributed by atoms with Crippen LogP contribution in [0.2, 0.25) is 0 Å². The molecule has 3 rings (SSSR count). The summed E-state index contributed by atoms with van der Waals surface area (Å²) in [5.41, 5.74) is 1.61. The normalized spacial score (nSPS) is 24.1. The predicted molar refractivity (Wildman–Crippen MR) is 85.1 cm³/mol. The van der Waals surface area contributed by atoms with Gasteiger partial charge in [-0.3, -0.25) is 0 Å². The highest BCUT2D eigenvalue weighted by Gasteiger charge is 2.32. The molecule has 1 unspecified atom stereocenters. The number of thiazole rings is 1. The van der Waals surface area contributed by atoms with Gasteiger partial charge in [-0.15, -0.1) is 11.3 Å². The molecule has 1 aromatic heterocycles. The maximum Gasteiger partial charge on any atom is 0.106 e. The van der Waals surface area contributed by atoms with Gasteiger partial charge in [0.1, 0.15) is 5.01 Å². The molecule has 106 valence electrons.